The lowest BCUT2D eigenvalue weighted by Gasteiger charge is -2.09. The molecule has 17 heavy (non-hydrogen) atoms. The Bertz CT molecular complexity index is 366. The summed E-state index contributed by atoms with van der Waals surface area (Å²) in [5, 5.41) is 2.93. The summed E-state index contributed by atoms with van der Waals surface area (Å²) in [6, 6.07) is 8.20. The lowest BCUT2D eigenvalue weighted by molar-refractivity contribution is -0.123. The van der Waals surface area contributed by atoms with Crippen LogP contribution in [0, 0.1) is 6.92 Å². The lowest BCUT2D eigenvalue weighted by Crippen LogP contribution is -2.26. The number of ether oxygens (including phenoxy) is 1. The summed E-state index contributed by atoms with van der Waals surface area (Å²) in [4.78, 5) is 11.6. The average Bonchev–Trinajstić information content (AvgIpc) is 2.81. The highest BCUT2D eigenvalue weighted by atomic mass is 16.5. The molecule has 1 saturated heterocycles. The van der Waals surface area contributed by atoms with Crippen molar-refractivity contribution in [1.82, 2.24) is 5.32 Å². The average molecular weight is 233 g/mol. The molecule has 1 amide bonds. The molecule has 0 bridgehead atoms. The summed E-state index contributed by atoms with van der Waals surface area (Å²) in [5.41, 5.74) is 2.37. The zero-order valence-electron chi connectivity index (χ0n) is 10.2. The molecule has 3 nitrogen and oxygen atoms in total. The first-order chi connectivity index (χ1) is 8.24. The van der Waals surface area contributed by atoms with Crippen molar-refractivity contribution in [3.8, 4) is 0 Å². The van der Waals surface area contributed by atoms with Gasteiger partial charge in [0.1, 0.15) is 0 Å². The summed E-state index contributed by atoms with van der Waals surface area (Å²) in [6.07, 6.45) is 2.72. The third kappa shape index (κ3) is 3.86. The Hall–Kier alpha value is -1.35. The van der Waals surface area contributed by atoms with Gasteiger partial charge in [0.2, 0.25) is 5.91 Å². The molecule has 2 rings (SSSR count). The van der Waals surface area contributed by atoms with Crippen LogP contribution in [0.15, 0.2) is 24.3 Å². The van der Waals surface area contributed by atoms with Crippen molar-refractivity contribution in [3.05, 3.63) is 35.4 Å². The second kappa shape index (κ2) is 5.82. The maximum atomic E-state index is 11.6. The Kier molecular flexibility index (Phi) is 4.15. The van der Waals surface area contributed by atoms with E-state index in [2.05, 4.69) is 24.4 Å². The Morgan fingerprint density at radius 1 is 1.41 bits per heavy atom. The van der Waals surface area contributed by atoms with Gasteiger partial charge in [-0.15, -0.1) is 0 Å². The summed E-state index contributed by atoms with van der Waals surface area (Å²) in [5.74, 6) is 0.0810. The molecule has 1 atom stereocenters. The molecule has 1 aromatic carbocycles. The molecule has 0 saturated carbocycles. The highest BCUT2D eigenvalue weighted by molar-refractivity contribution is 5.76. The zero-order valence-corrected chi connectivity index (χ0v) is 10.2. The van der Waals surface area contributed by atoms with Crippen molar-refractivity contribution in [3.63, 3.8) is 0 Å². The summed E-state index contributed by atoms with van der Waals surface area (Å²) < 4.78 is 5.43. The molecule has 1 unspecified atom stereocenters. The van der Waals surface area contributed by atoms with Crippen LogP contribution in [0.1, 0.15) is 30.4 Å². The minimum absolute atomic E-state index is 0.0810. The standard InChI is InChI=1S/C14H19NO2/c1-11-4-6-12(7-5-11)10-15-14(16)9-13-3-2-8-17-13/h4-7,13H,2-3,8-10H2,1H3,(H,15,16). The Labute approximate surface area is 102 Å². The molecule has 92 valence electrons. The molecule has 1 N–H and O–H groups in total. The van der Waals surface area contributed by atoms with Gasteiger partial charge < -0.3 is 10.1 Å². The van der Waals surface area contributed by atoms with E-state index in [0.717, 1.165) is 25.0 Å². The first-order valence-corrected chi connectivity index (χ1v) is 6.18. The number of aryl methyl sites for hydroxylation is 1. The van der Waals surface area contributed by atoms with Gasteiger partial charge in [0.25, 0.3) is 0 Å². The molecular weight excluding hydrogens is 214 g/mol. The van der Waals surface area contributed by atoms with E-state index in [4.69, 9.17) is 4.74 Å². The maximum absolute atomic E-state index is 11.6. The fourth-order valence-corrected chi connectivity index (χ4v) is 1.99. The van der Waals surface area contributed by atoms with Crippen LogP contribution in [0.25, 0.3) is 0 Å². The van der Waals surface area contributed by atoms with E-state index in [-0.39, 0.29) is 12.0 Å². The maximum Gasteiger partial charge on any atom is 0.222 e. The second-order valence-corrected chi connectivity index (χ2v) is 4.60. The largest absolute Gasteiger partial charge is 0.378 e. The van der Waals surface area contributed by atoms with Gasteiger partial charge in [0.05, 0.1) is 12.5 Å². The van der Waals surface area contributed by atoms with E-state index in [1.807, 2.05) is 12.1 Å². The van der Waals surface area contributed by atoms with Gasteiger partial charge in [0.15, 0.2) is 0 Å². The number of hydrogen-bond acceptors (Lipinski definition) is 2. The minimum Gasteiger partial charge on any atom is -0.378 e. The van der Waals surface area contributed by atoms with Crippen molar-refractivity contribution < 1.29 is 9.53 Å². The first-order valence-electron chi connectivity index (χ1n) is 6.18. The topological polar surface area (TPSA) is 38.3 Å². The van der Waals surface area contributed by atoms with E-state index in [0.29, 0.717) is 13.0 Å². The first kappa shape index (κ1) is 12.1. The third-order valence-electron chi connectivity index (χ3n) is 3.05. The predicted octanol–water partition coefficient (Wildman–Crippen LogP) is 2.18. The van der Waals surface area contributed by atoms with E-state index in [9.17, 15) is 4.79 Å². The summed E-state index contributed by atoms with van der Waals surface area (Å²) >= 11 is 0. The molecule has 0 radical (unpaired) electrons. The minimum atomic E-state index is 0.0810. The van der Waals surface area contributed by atoms with Crippen molar-refractivity contribution in [2.75, 3.05) is 6.61 Å². The normalized spacial score (nSPS) is 19.2. The molecule has 1 aliphatic heterocycles. The van der Waals surface area contributed by atoms with Gasteiger partial charge in [0, 0.05) is 13.2 Å². The number of hydrogen-bond donors (Lipinski definition) is 1. The third-order valence-corrected chi connectivity index (χ3v) is 3.05. The fraction of sp³-hybridized carbons (Fsp3) is 0.500. The van der Waals surface area contributed by atoms with Crippen LogP contribution in [0.2, 0.25) is 0 Å². The van der Waals surface area contributed by atoms with Gasteiger partial charge in [-0.25, -0.2) is 0 Å². The molecule has 1 heterocycles. The molecule has 1 aromatic rings. The van der Waals surface area contributed by atoms with E-state index >= 15 is 0 Å². The van der Waals surface area contributed by atoms with Crippen molar-refractivity contribution in [2.24, 2.45) is 0 Å². The summed E-state index contributed by atoms with van der Waals surface area (Å²) in [7, 11) is 0. The van der Waals surface area contributed by atoms with E-state index < -0.39 is 0 Å². The van der Waals surface area contributed by atoms with Crippen LogP contribution in [0.3, 0.4) is 0 Å². The number of benzene rings is 1. The van der Waals surface area contributed by atoms with Crippen LogP contribution in [-0.2, 0) is 16.1 Å². The van der Waals surface area contributed by atoms with Crippen molar-refractivity contribution in [1.29, 1.82) is 0 Å². The smallest absolute Gasteiger partial charge is 0.222 e. The SMILES string of the molecule is Cc1ccc(CNC(=O)CC2CCCO2)cc1. The number of carbonyl (C=O) groups excluding carboxylic acids is 1. The van der Waals surface area contributed by atoms with E-state index in [1.54, 1.807) is 0 Å². The molecule has 0 spiro atoms. The highest BCUT2D eigenvalue weighted by Crippen LogP contribution is 2.15. The van der Waals surface area contributed by atoms with Crippen LogP contribution in [-0.4, -0.2) is 18.6 Å². The molecule has 3 heteroatoms. The number of amides is 1. The van der Waals surface area contributed by atoms with Gasteiger partial charge in [-0.3, -0.25) is 4.79 Å². The van der Waals surface area contributed by atoms with Gasteiger partial charge in [-0.2, -0.15) is 0 Å². The summed E-state index contributed by atoms with van der Waals surface area (Å²) in [6.45, 7) is 3.46. The van der Waals surface area contributed by atoms with Crippen LogP contribution >= 0.6 is 0 Å². The Morgan fingerprint density at radius 3 is 2.82 bits per heavy atom. The number of carbonyl (C=O) groups is 1. The molecule has 1 fully saturated rings. The lowest BCUT2D eigenvalue weighted by atomic mass is 10.1. The van der Waals surface area contributed by atoms with Gasteiger partial charge in [-0.05, 0) is 25.3 Å². The molecule has 0 aliphatic carbocycles. The molecule has 0 aromatic heterocycles. The quantitative estimate of drug-likeness (QED) is 0.865. The van der Waals surface area contributed by atoms with Crippen molar-refractivity contribution >= 4 is 5.91 Å². The molecule has 1 aliphatic rings. The van der Waals surface area contributed by atoms with Gasteiger partial charge in [-0.1, -0.05) is 29.8 Å². The van der Waals surface area contributed by atoms with Gasteiger partial charge >= 0.3 is 0 Å². The monoisotopic (exact) mass is 233 g/mol. The van der Waals surface area contributed by atoms with Crippen LogP contribution in [0.4, 0.5) is 0 Å². The van der Waals surface area contributed by atoms with E-state index in [1.165, 1.54) is 5.56 Å². The van der Waals surface area contributed by atoms with Crippen LogP contribution in [0.5, 0.6) is 0 Å². The molecular formula is C14H19NO2. The van der Waals surface area contributed by atoms with Crippen molar-refractivity contribution in [2.45, 2.75) is 38.8 Å². The zero-order chi connectivity index (χ0) is 12.1. The number of nitrogens with one attached hydrogen (secondary N) is 1. The fourth-order valence-electron chi connectivity index (χ4n) is 1.99. The Balaban J connectivity index is 1.73. The van der Waals surface area contributed by atoms with Crippen LogP contribution < -0.4 is 5.32 Å². The predicted molar refractivity (Wildman–Crippen MR) is 66.6 cm³/mol. The second-order valence-electron chi connectivity index (χ2n) is 4.60. The Morgan fingerprint density at radius 2 is 2.18 bits per heavy atom. The highest BCUT2D eigenvalue weighted by Gasteiger charge is 2.18. The number of rotatable bonds is 4.